The van der Waals surface area contributed by atoms with Gasteiger partial charge >= 0.3 is 0 Å². The normalized spacial score (nSPS) is 18.8. The lowest BCUT2D eigenvalue weighted by Gasteiger charge is -2.25. The van der Waals surface area contributed by atoms with Crippen molar-refractivity contribution in [2.75, 3.05) is 19.8 Å². The molecule has 0 bridgehead atoms. The first-order valence-corrected chi connectivity index (χ1v) is 13.4. The van der Waals surface area contributed by atoms with Crippen molar-refractivity contribution in [3.63, 3.8) is 0 Å². The lowest BCUT2D eigenvalue weighted by molar-refractivity contribution is -0.152. The van der Waals surface area contributed by atoms with Gasteiger partial charge in [0, 0.05) is 33.9 Å². The number of nitrogen functional groups attached to an aromatic ring is 1. The van der Waals surface area contributed by atoms with Gasteiger partial charge in [0.15, 0.2) is 5.79 Å². The van der Waals surface area contributed by atoms with Crippen molar-refractivity contribution in [3.8, 4) is 11.1 Å². The van der Waals surface area contributed by atoms with Crippen molar-refractivity contribution in [3.05, 3.63) is 81.5 Å². The zero-order valence-electron chi connectivity index (χ0n) is 21.2. The third kappa shape index (κ3) is 5.70. The number of nitrogens with two attached hydrogens (primary N) is 1. The number of carbonyl (C=O) groups is 2. The highest BCUT2D eigenvalue weighted by molar-refractivity contribution is 7.10. The van der Waals surface area contributed by atoms with E-state index in [1.165, 1.54) is 28.4 Å². The number of benzene rings is 2. The highest BCUT2D eigenvalue weighted by Gasteiger charge is 2.52. The number of nitrogens with zero attached hydrogens (tertiary/aromatic N) is 1. The Morgan fingerprint density at radius 1 is 1.18 bits per heavy atom. The minimum absolute atomic E-state index is 0.0223. The van der Waals surface area contributed by atoms with Gasteiger partial charge < -0.3 is 25.4 Å². The fourth-order valence-corrected chi connectivity index (χ4v) is 5.86. The molecule has 8 nitrogen and oxygen atoms in total. The maximum absolute atomic E-state index is 14.2. The quantitative estimate of drug-likeness (QED) is 0.304. The molecule has 204 valence electrons. The van der Waals surface area contributed by atoms with Crippen LogP contribution in [0.25, 0.3) is 11.1 Å². The number of nitrogens with one attached hydrogen (secondary N) is 2. The molecule has 1 aromatic heterocycles. The summed E-state index contributed by atoms with van der Waals surface area (Å²) in [6, 6.07) is 10.8. The van der Waals surface area contributed by atoms with Crippen LogP contribution in [-0.4, -0.2) is 54.1 Å². The Morgan fingerprint density at radius 3 is 2.54 bits per heavy atom. The summed E-state index contributed by atoms with van der Waals surface area (Å²) in [7, 11) is 0. The molecular weight excluding hydrogens is 526 g/mol. The maximum Gasteiger partial charge on any atom is 0.243 e. The molecule has 1 unspecified atom stereocenters. The molecule has 0 radical (unpaired) electrons. The van der Waals surface area contributed by atoms with E-state index in [0.29, 0.717) is 29.9 Å². The van der Waals surface area contributed by atoms with Gasteiger partial charge in [-0.1, -0.05) is 24.3 Å². The molecule has 39 heavy (non-hydrogen) atoms. The Morgan fingerprint density at radius 2 is 1.90 bits per heavy atom. The third-order valence-electron chi connectivity index (χ3n) is 7.00. The van der Waals surface area contributed by atoms with Crippen molar-refractivity contribution in [1.29, 1.82) is 5.41 Å². The van der Waals surface area contributed by atoms with Crippen LogP contribution >= 0.6 is 11.3 Å². The smallest absolute Gasteiger partial charge is 0.243 e. The second kappa shape index (κ2) is 10.8. The van der Waals surface area contributed by atoms with Crippen LogP contribution < -0.4 is 11.1 Å². The molecule has 2 atom stereocenters. The molecule has 2 saturated heterocycles. The predicted molar refractivity (Wildman–Crippen MR) is 142 cm³/mol. The van der Waals surface area contributed by atoms with Crippen LogP contribution in [0, 0.1) is 17.0 Å². The summed E-state index contributed by atoms with van der Waals surface area (Å²) < 4.78 is 39.1. The van der Waals surface area contributed by atoms with Gasteiger partial charge in [0.2, 0.25) is 11.8 Å². The van der Waals surface area contributed by atoms with Crippen LogP contribution in [0.2, 0.25) is 0 Å². The monoisotopic (exact) mass is 554 g/mol. The Labute approximate surface area is 228 Å². The van der Waals surface area contributed by atoms with Gasteiger partial charge in [0.25, 0.3) is 0 Å². The predicted octanol–water partition coefficient (Wildman–Crippen LogP) is 3.74. The minimum Gasteiger partial charge on any atom is -0.384 e. The summed E-state index contributed by atoms with van der Waals surface area (Å²) in [6.45, 7) is 2.73. The third-order valence-corrected chi connectivity index (χ3v) is 8.11. The molecule has 4 N–H and O–H groups in total. The van der Waals surface area contributed by atoms with Crippen LogP contribution in [0.3, 0.4) is 0 Å². The highest BCUT2D eigenvalue weighted by atomic mass is 32.1. The fourth-order valence-electron chi connectivity index (χ4n) is 4.95. The largest absolute Gasteiger partial charge is 0.384 e. The van der Waals surface area contributed by atoms with Gasteiger partial charge in [0.05, 0.1) is 32.2 Å². The minimum atomic E-state index is -1.02. The standard InChI is InChI=1S/C28H28F2N4O4S/c1-16(24-11-19(14-39-24)26(31)32)33-27(36)23-13-28(37-8-9-38-28)15-34(23)25(35)10-17-2-4-18(5-3-17)21-7-6-20(29)12-22(21)30/h2-7,11-12,14,16,23H,8-10,13,15H2,1H3,(H3,31,32)(H,33,36)/t16?,23-/m0/s1. The zero-order chi connectivity index (χ0) is 27.7. The van der Waals surface area contributed by atoms with Crippen LogP contribution in [0.5, 0.6) is 0 Å². The molecule has 0 aliphatic carbocycles. The fraction of sp³-hybridized carbons (Fsp3) is 0.321. The molecule has 5 rings (SSSR count). The van der Waals surface area contributed by atoms with E-state index in [-0.39, 0.29) is 48.6 Å². The Bertz CT molecular complexity index is 1400. The van der Waals surface area contributed by atoms with E-state index < -0.39 is 23.5 Å². The van der Waals surface area contributed by atoms with Gasteiger partial charge in [-0.3, -0.25) is 15.0 Å². The number of ether oxygens (including phenoxy) is 2. The highest BCUT2D eigenvalue weighted by Crippen LogP contribution is 2.36. The molecule has 2 aromatic carbocycles. The summed E-state index contributed by atoms with van der Waals surface area (Å²) in [6.07, 6.45) is 0.234. The molecule has 2 amide bonds. The molecule has 11 heteroatoms. The summed E-state index contributed by atoms with van der Waals surface area (Å²) in [4.78, 5) is 29.2. The van der Waals surface area contributed by atoms with Crippen molar-refractivity contribution in [2.24, 2.45) is 5.73 Å². The number of amidine groups is 1. The number of hydrogen-bond donors (Lipinski definition) is 3. The molecule has 3 aromatic rings. The lowest BCUT2D eigenvalue weighted by Crippen LogP contribution is -2.47. The van der Waals surface area contributed by atoms with E-state index in [0.717, 1.165) is 10.9 Å². The van der Waals surface area contributed by atoms with E-state index >= 15 is 0 Å². The Balaban J connectivity index is 1.30. The lowest BCUT2D eigenvalue weighted by atomic mass is 10.0. The first-order chi connectivity index (χ1) is 18.6. The molecule has 3 heterocycles. The molecule has 2 aliphatic rings. The Hall–Kier alpha value is -3.67. The number of likely N-dealkylation sites (tertiary alicyclic amines) is 1. The van der Waals surface area contributed by atoms with Gasteiger partial charge in [-0.15, -0.1) is 11.3 Å². The second-order valence-electron chi connectivity index (χ2n) is 9.73. The second-order valence-corrected chi connectivity index (χ2v) is 10.7. The maximum atomic E-state index is 14.2. The van der Waals surface area contributed by atoms with Crippen LogP contribution in [0.4, 0.5) is 8.78 Å². The van der Waals surface area contributed by atoms with Gasteiger partial charge in [-0.25, -0.2) is 8.78 Å². The number of carbonyl (C=O) groups excluding carboxylic acids is 2. The summed E-state index contributed by atoms with van der Waals surface area (Å²) in [5.41, 5.74) is 7.66. The average Bonchev–Trinajstić information content (AvgIpc) is 3.65. The van der Waals surface area contributed by atoms with Crippen LogP contribution in [0.1, 0.15) is 35.4 Å². The first kappa shape index (κ1) is 26.9. The molecule has 2 fully saturated rings. The van der Waals surface area contributed by atoms with Crippen molar-refractivity contribution in [2.45, 2.75) is 37.6 Å². The topological polar surface area (TPSA) is 118 Å². The number of rotatable bonds is 7. The van der Waals surface area contributed by atoms with Gasteiger partial charge in [-0.05, 0) is 36.2 Å². The summed E-state index contributed by atoms with van der Waals surface area (Å²) in [5, 5.41) is 12.3. The van der Waals surface area contributed by atoms with E-state index in [2.05, 4.69) is 5.32 Å². The molecular formula is C28H28F2N4O4S. The number of amides is 2. The average molecular weight is 555 g/mol. The van der Waals surface area contributed by atoms with E-state index in [1.54, 1.807) is 35.7 Å². The SMILES string of the molecule is CC(NC(=O)[C@@H]1CC2(CN1C(=O)Cc1ccc(-c3ccc(F)cc3F)cc1)OCCO2)c1cc(C(=N)N)cs1. The number of halogens is 2. The van der Waals surface area contributed by atoms with E-state index in [4.69, 9.17) is 20.6 Å². The van der Waals surface area contributed by atoms with Crippen molar-refractivity contribution >= 4 is 29.0 Å². The molecule has 1 spiro atoms. The summed E-state index contributed by atoms with van der Waals surface area (Å²) >= 11 is 1.39. The zero-order valence-corrected chi connectivity index (χ0v) is 22.0. The van der Waals surface area contributed by atoms with E-state index in [9.17, 15) is 18.4 Å². The Kier molecular flexibility index (Phi) is 7.48. The van der Waals surface area contributed by atoms with Crippen molar-refractivity contribution in [1.82, 2.24) is 10.2 Å². The van der Waals surface area contributed by atoms with Crippen molar-refractivity contribution < 1.29 is 27.8 Å². The number of thiophene rings is 1. The first-order valence-electron chi connectivity index (χ1n) is 12.5. The number of hydrogen-bond acceptors (Lipinski definition) is 6. The van der Waals surface area contributed by atoms with Crippen LogP contribution in [0.15, 0.2) is 53.9 Å². The van der Waals surface area contributed by atoms with Crippen LogP contribution in [-0.2, 0) is 25.5 Å². The van der Waals surface area contributed by atoms with Gasteiger partial charge in [-0.2, -0.15) is 0 Å². The summed E-state index contributed by atoms with van der Waals surface area (Å²) in [5.74, 6) is -2.98. The van der Waals surface area contributed by atoms with E-state index in [1.807, 2.05) is 6.92 Å². The molecule has 0 saturated carbocycles. The van der Waals surface area contributed by atoms with Gasteiger partial charge in [0.1, 0.15) is 23.5 Å². The molecule has 2 aliphatic heterocycles.